The minimum Gasteiger partial charge on any atom is -0.243 e. The molecule has 2 aromatic rings. The zero-order valence-corrected chi connectivity index (χ0v) is 7.15. The molecular weight excluding hydrogens is 188 g/mol. The van der Waals surface area contributed by atoms with Crippen molar-refractivity contribution in [1.82, 2.24) is 15.0 Å². The molecule has 4 nitrogen and oxygen atoms in total. The Bertz CT molecular complexity index is 503. The van der Waals surface area contributed by atoms with Gasteiger partial charge in [-0.25, -0.2) is 15.0 Å². The van der Waals surface area contributed by atoms with Crippen LogP contribution < -0.4 is 0 Å². The van der Waals surface area contributed by atoms with Crippen LogP contribution in [0.2, 0.25) is 5.15 Å². The summed E-state index contributed by atoms with van der Waals surface area (Å²) in [5, 5.41) is 9.58. The van der Waals surface area contributed by atoms with Gasteiger partial charge >= 0.3 is 0 Å². The first-order valence-corrected chi connectivity index (χ1v) is 3.85. The maximum absolute atomic E-state index is 8.59. The van der Waals surface area contributed by atoms with Gasteiger partial charge in [0.05, 0.1) is 11.7 Å². The Balaban J connectivity index is 2.84. The van der Waals surface area contributed by atoms with E-state index in [9.17, 15) is 0 Å². The fourth-order valence-electron chi connectivity index (χ4n) is 0.989. The number of rotatable bonds is 0. The van der Waals surface area contributed by atoms with Crippen molar-refractivity contribution in [2.75, 3.05) is 0 Å². The third-order valence-corrected chi connectivity index (χ3v) is 1.89. The molecule has 0 radical (unpaired) electrons. The van der Waals surface area contributed by atoms with Gasteiger partial charge in [-0.3, -0.25) is 0 Å². The molecule has 0 unspecified atom stereocenters. The second-order valence-corrected chi connectivity index (χ2v) is 2.72. The van der Waals surface area contributed by atoms with Crippen molar-refractivity contribution in [3.8, 4) is 6.07 Å². The Hall–Kier alpha value is -1.73. The van der Waals surface area contributed by atoms with Crippen molar-refractivity contribution in [1.29, 1.82) is 5.26 Å². The molecule has 13 heavy (non-hydrogen) atoms. The zero-order chi connectivity index (χ0) is 9.26. The predicted molar refractivity (Wildman–Crippen MR) is 47.1 cm³/mol. The Morgan fingerprint density at radius 1 is 1.31 bits per heavy atom. The molecule has 0 aliphatic carbocycles. The van der Waals surface area contributed by atoms with Gasteiger partial charge in [0.25, 0.3) is 0 Å². The summed E-state index contributed by atoms with van der Waals surface area (Å²) in [5.74, 6) is 0. The Morgan fingerprint density at radius 3 is 2.92 bits per heavy atom. The predicted octanol–water partition coefficient (Wildman–Crippen LogP) is 1.55. The number of halogens is 1. The molecule has 2 rings (SSSR count). The van der Waals surface area contributed by atoms with E-state index in [1.807, 2.05) is 6.07 Å². The average molecular weight is 191 g/mol. The summed E-state index contributed by atoms with van der Waals surface area (Å²) < 4.78 is 0. The van der Waals surface area contributed by atoms with E-state index >= 15 is 0 Å². The molecule has 0 aromatic carbocycles. The molecule has 0 aliphatic rings. The third-order valence-electron chi connectivity index (χ3n) is 1.59. The number of hydrogen-bond acceptors (Lipinski definition) is 4. The molecule has 0 atom stereocenters. The van der Waals surface area contributed by atoms with Crippen molar-refractivity contribution in [2.24, 2.45) is 0 Å². The molecule has 0 N–H and O–H groups in total. The Morgan fingerprint density at radius 2 is 2.15 bits per heavy atom. The minimum absolute atomic E-state index is 0.309. The van der Waals surface area contributed by atoms with E-state index in [0.29, 0.717) is 21.7 Å². The van der Waals surface area contributed by atoms with Gasteiger partial charge < -0.3 is 0 Å². The first-order chi connectivity index (χ1) is 6.31. The van der Waals surface area contributed by atoms with Gasteiger partial charge in [-0.05, 0) is 6.07 Å². The zero-order valence-electron chi connectivity index (χ0n) is 6.40. The van der Waals surface area contributed by atoms with Crippen LogP contribution in [0.5, 0.6) is 0 Å². The van der Waals surface area contributed by atoms with Crippen LogP contribution in [0.25, 0.3) is 10.9 Å². The lowest BCUT2D eigenvalue weighted by Crippen LogP contribution is -1.87. The third kappa shape index (κ3) is 1.30. The summed E-state index contributed by atoms with van der Waals surface area (Å²) in [4.78, 5) is 11.6. The van der Waals surface area contributed by atoms with Gasteiger partial charge in [-0.15, -0.1) is 0 Å². The van der Waals surface area contributed by atoms with Crippen LogP contribution in [0, 0.1) is 11.3 Å². The van der Waals surface area contributed by atoms with Crippen molar-refractivity contribution < 1.29 is 0 Å². The molecule has 0 spiro atoms. The summed E-state index contributed by atoms with van der Waals surface area (Å²) in [6.07, 6.45) is 2.86. The normalized spacial score (nSPS) is 9.85. The molecule has 0 saturated carbocycles. The number of fused-ring (bicyclic) bond motifs is 1. The summed E-state index contributed by atoms with van der Waals surface area (Å²) in [5.41, 5.74) is 0.947. The molecule has 0 bridgehead atoms. The smallest absolute Gasteiger partial charge is 0.141 e. The molecule has 0 amide bonds. The first-order valence-electron chi connectivity index (χ1n) is 3.47. The van der Waals surface area contributed by atoms with Crippen LogP contribution in [-0.2, 0) is 0 Å². The molecule has 2 heterocycles. The lowest BCUT2D eigenvalue weighted by atomic mass is 10.3. The topological polar surface area (TPSA) is 62.5 Å². The maximum Gasteiger partial charge on any atom is 0.141 e. The largest absolute Gasteiger partial charge is 0.243 e. The average Bonchev–Trinajstić information content (AvgIpc) is 2.18. The summed E-state index contributed by atoms with van der Waals surface area (Å²) in [6.45, 7) is 0. The van der Waals surface area contributed by atoms with E-state index in [1.54, 1.807) is 6.07 Å². The second kappa shape index (κ2) is 2.96. The Labute approximate surface area is 78.8 Å². The van der Waals surface area contributed by atoms with E-state index in [-0.39, 0.29) is 0 Å². The highest BCUT2D eigenvalue weighted by molar-refractivity contribution is 6.33. The SMILES string of the molecule is N#Cc1cc2c(Cl)ncnc2cn1. The molecule has 5 heteroatoms. The van der Waals surface area contributed by atoms with E-state index in [4.69, 9.17) is 16.9 Å². The maximum atomic E-state index is 8.59. The molecule has 62 valence electrons. The molecule has 0 saturated heterocycles. The fourth-order valence-corrected chi connectivity index (χ4v) is 1.18. The second-order valence-electron chi connectivity index (χ2n) is 2.36. The summed E-state index contributed by atoms with van der Waals surface area (Å²) in [7, 11) is 0. The fraction of sp³-hybridized carbons (Fsp3) is 0. The van der Waals surface area contributed by atoms with Crippen LogP contribution in [0.15, 0.2) is 18.6 Å². The van der Waals surface area contributed by atoms with Crippen molar-refractivity contribution in [3.05, 3.63) is 29.4 Å². The monoisotopic (exact) mass is 190 g/mol. The van der Waals surface area contributed by atoms with Crippen LogP contribution in [0.4, 0.5) is 0 Å². The lowest BCUT2D eigenvalue weighted by molar-refractivity contribution is 1.19. The van der Waals surface area contributed by atoms with E-state index in [1.165, 1.54) is 12.5 Å². The van der Waals surface area contributed by atoms with E-state index in [2.05, 4.69) is 15.0 Å². The standard InChI is InChI=1S/C8H3ClN4/c9-8-6-1-5(2-10)11-3-7(6)12-4-13-8/h1,3-4H. The van der Waals surface area contributed by atoms with Crippen LogP contribution in [-0.4, -0.2) is 15.0 Å². The molecule has 0 fully saturated rings. The van der Waals surface area contributed by atoms with Gasteiger partial charge in [0.15, 0.2) is 0 Å². The van der Waals surface area contributed by atoms with Crippen molar-refractivity contribution >= 4 is 22.5 Å². The van der Waals surface area contributed by atoms with Crippen molar-refractivity contribution in [3.63, 3.8) is 0 Å². The van der Waals surface area contributed by atoms with Crippen LogP contribution in [0.3, 0.4) is 0 Å². The number of aromatic nitrogens is 3. The number of nitriles is 1. The highest BCUT2D eigenvalue weighted by atomic mass is 35.5. The van der Waals surface area contributed by atoms with E-state index < -0.39 is 0 Å². The van der Waals surface area contributed by atoms with Crippen molar-refractivity contribution in [2.45, 2.75) is 0 Å². The summed E-state index contributed by atoms with van der Waals surface area (Å²) >= 11 is 5.80. The lowest BCUT2D eigenvalue weighted by Gasteiger charge is -1.96. The number of nitrogens with zero attached hydrogens (tertiary/aromatic N) is 4. The van der Waals surface area contributed by atoms with Gasteiger partial charge in [-0.2, -0.15) is 5.26 Å². The van der Waals surface area contributed by atoms with Crippen LogP contribution >= 0.6 is 11.6 Å². The first kappa shape index (κ1) is 7.90. The minimum atomic E-state index is 0.309. The molecular formula is C8H3ClN4. The van der Waals surface area contributed by atoms with E-state index in [0.717, 1.165) is 0 Å². The van der Waals surface area contributed by atoms with Gasteiger partial charge in [0, 0.05) is 5.39 Å². The Kier molecular flexibility index (Phi) is 1.80. The summed E-state index contributed by atoms with van der Waals surface area (Å²) in [6, 6.07) is 3.49. The number of hydrogen-bond donors (Lipinski definition) is 0. The quantitative estimate of drug-likeness (QED) is 0.592. The van der Waals surface area contributed by atoms with Gasteiger partial charge in [0.2, 0.25) is 0 Å². The van der Waals surface area contributed by atoms with Gasteiger partial charge in [-0.1, -0.05) is 11.6 Å². The number of pyridine rings is 1. The molecule has 0 aliphatic heterocycles. The highest BCUT2D eigenvalue weighted by Gasteiger charge is 2.02. The highest BCUT2D eigenvalue weighted by Crippen LogP contribution is 2.18. The molecule has 2 aromatic heterocycles. The van der Waals surface area contributed by atoms with Gasteiger partial charge in [0.1, 0.15) is 23.2 Å². The van der Waals surface area contributed by atoms with Crippen LogP contribution in [0.1, 0.15) is 5.69 Å².